The van der Waals surface area contributed by atoms with E-state index in [0.29, 0.717) is 12.1 Å². The van der Waals surface area contributed by atoms with Gasteiger partial charge in [-0.1, -0.05) is 12.1 Å². The molecule has 0 radical (unpaired) electrons. The van der Waals surface area contributed by atoms with Crippen molar-refractivity contribution in [3.05, 3.63) is 53.5 Å². The number of nitrogen functional groups attached to an aromatic ring is 1. The monoisotopic (exact) mass is 356 g/mol. The van der Waals surface area contributed by atoms with Crippen LogP contribution in [0.5, 0.6) is 0 Å². The van der Waals surface area contributed by atoms with Gasteiger partial charge >= 0.3 is 5.97 Å². The van der Waals surface area contributed by atoms with Crippen LogP contribution in [0.15, 0.2) is 36.5 Å². The number of nitrogens with one attached hydrogen (secondary N) is 2. The summed E-state index contributed by atoms with van der Waals surface area (Å²) in [6.45, 7) is 0.466. The van der Waals surface area contributed by atoms with Crippen LogP contribution in [0, 0.1) is 5.82 Å². The number of carboxylic acids is 1. The topological polar surface area (TPSA) is 126 Å². The molecule has 0 fully saturated rings. The van der Waals surface area contributed by atoms with Gasteiger partial charge in [0, 0.05) is 12.7 Å². The maximum Gasteiger partial charge on any atom is 0.338 e. The van der Waals surface area contributed by atoms with Crippen molar-refractivity contribution in [2.45, 2.75) is 6.04 Å². The van der Waals surface area contributed by atoms with Gasteiger partial charge < -0.3 is 21.5 Å². The number of benzene rings is 1. The summed E-state index contributed by atoms with van der Waals surface area (Å²) in [6.07, 6.45) is 1.37. The minimum absolute atomic E-state index is 0.0249. The van der Waals surface area contributed by atoms with Crippen LogP contribution >= 0.6 is 0 Å². The molecule has 134 valence electrons. The van der Waals surface area contributed by atoms with Crippen LogP contribution in [0.25, 0.3) is 11.0 Å². The van der Waals surface area contributed by atoms with Crippen molar-refractivity contribution in [1.29, 1.82) is 0 Å². The molecule has 2 heterocycles. The van der Waals surface area contributed by atoms with Gasteiger partial charge in [0.05, 0.1) is 11.6 Å². The average molecular weight is 356 g/mol. The summed E-state index contributed by atoms with van der Waals surface area (Å²) in [6, 6.07) is 7.17. The number of aromatic nitrogens is 3. The maximum atomic E-state index is 13.6. The number of pyridine rings is 1. The number of anilines is 2. The number of aromatic carboxylic acids is 1. The quantitative estimate of drug-likeness (QED) is 0.527. The lowest BCUT2D eigenvalue weighted by Crippen LogP contribution is -2.24. The number of nitrogens with two attached hydrogens (primary N) is 1. The van der Waals surface area contributed by atoms with E-state index in [1.54, 1.807) is 19.2 Å². The zero-order valence-electron chi connectivity index (χ0n) is 13.9. The summed E-state index contributed by atoms with van der Waals surface area (Å²) >= 11 is 0. The zero-order valence-corrected chi connectivity index (χ0v) is 13.9. The van der Waals surface area contributed by atoms with Gasteiger partial charge in [-0.3, -0.25) is 4.98 Å². The van der Waals surface area contributed by atoms with Gasteiger partial charge in [-0.15, -0.1) is 0 Å². The van der Waals surface area contributed by atoms with Gasteiger partial charge in [0.1, 0.15) is 16.9 Å². The molecule has 8 nitrogen and oxygen atoms in total. The van der Waals surface area contributed by atoms with E-state index >= 15 is 0 Å². The Bertz CT molecular complexity index is 965. The Balaban J connectivity index is 2.09. The smallest absolute Gasteiger partial charge is 0.338 e. The highest BCUT2D eigenvalue weighted by Crippen LogP contribution is 2.26. The molecule has 0 aliphatic heterocycles. The molecule has 3 rings (SSSR count). The minimum atomic E-state index is -1.14. The zero-order chi connectivity index (χ0) is 18.7. The molecule has 1 aromatic carbocycles. The number of hydrogen-bond acceptors (Lipinski definition) is 7. The van der Waals surface area contributed by atoms with E-state index in [2.05, 4.69) is 25.6 Å². The Hall–Kier alpha value is -3.33. The van der Waals surface area contributed by atoms with E-state index in [-0.39, 0.29) is 40.2 Å². The van der Waals surface area contributed by atoms with Crippen molar-refractivity contribution in [2.75, 3.05) is 24.6 Å². The van der Waals surface area contributed by atoms with Crippen molar-refractivity contribution in [1.82, 2.24) is 20.3 Å². The molecule has 0 spiro atoms. The molecule has 0 amide bonds. The number of rotatable bonds is 6. The number of fused-ring (bicyclic) bond motifs is 1. The number of halogens is 1. The first-order valence-corrected chi connectivity index (χ1v) is 7.81. The largest absolute Gasteiger partial charge is 0.478 e. The lowest BCUT2D eigenvalue weighted by molar-refractivity contribution is 0.0698. The van der Waals surface area contributed by atoms with Gasteiger partial charge in [-0.25, -0.2) is 14.2 Å². The van der Waals surface area contributed by atoms with Crippen molar-refractivity contribution in [2.24, 2.45) is 0 Å². The Morgan fingerprint density at radius 2 is 2.12 bits per heavy atom. The Labute approximate surface area is 148 Å². The van der Waals surface area contributed by atoms with Crippen molar-refractivity contribution >= 4 is 28.8 Å². The van der Waals surface area contributed by atoms with Gasteiger partial charge in [0.25, 0.3) is 0 Å². The van der Waals surface area contributed by atoms with Crippen molar-refractivity contribution in [3.63, 3.8) is 0 Å². The van der Waals surface area contributed by atoms with Crippen LogP contribution in [-0.2, 0) is 0 Å². The number of likely N-dealkylation sites (N-methyl/N-ethyl adjacent to an activating group) is 1. The molecule has 0 saturated heterocycles. The summed E-state index contributed by atoms with van der Waals surface area (Å²) in [7, 11) is 1.77. The number of carboxylic acid groups (broad SMARTS) is 1. The van der Waals surface area contributed by atoms with Crippen LogP contribution in [0.4, 0.5) is 16.2 Å². The summed E-state index contributed by atoms with van der Waals surface area (Å²) in [4.78, 5) is 23.8. The molecule has 2 aromatic heterocycles. The molecular weight excluding hydrogens is 339 g/mol. The molecular formula is C17H17FN6O2. The summed E-state index contributed by atoms with van der Waals surface area (Å²) < 4.78 is 13.6. The molecule has 0 bridgehead atoms. The highest BCUT2D eigenvalue weighted by Gasteiger charge is 2.18. The second kappa shape index (κ2) is 7.28. The van der Waals surface area contributed by atoms with Gasteiger partial charge in [0.2, 0.25) is 5.95 Å². The Morgan fingerprint density at radius 3 is 2.81 bits per heavy atom. The SMILES string of the molecule is CNC[C@@H](Nc1nc(N)nc2c(C(=O)O)ccnc12)c1cccc(F)c1. The summed E-state index contributed by atoms with van der Waals surface area (Å²) in [5, 5.41) is 15.5. The van der Waals surface area contributed by atoms with Crippen LogP contribution in [-0.4, -0.2) is 39.6 Å². The Kier molecular flexibility index (Phi) is 4.90. The molecule has 26 heavy (non-hydrogen) atoms. The number of carbonyl (C=O) groups is 1. The second-order valence-electron chi connectivity index (χ2n) is 5.60. The molecule has 0 unspecified atom stereocenters. The molecule has 3 aromatic rings. The van der Waals surface area contributed by atoms with Crippen LogP contribution in [0.1, 0.15) is 22.0 Å². The first-order valence-electron chi connectivity index (χ1n) is 7.81. The van der Waals surface area contributed by atoms with Gasteiger partial charge in [0.15, 0.2) is 5.82 Å². The molecule has 0 saturated carbocycles. The average Bonchev–Trinajstić information content (AvgIpc) is 2.60. The maximum absolute atomic E-state index is 13.6. The van der Waals surface area contributed by atoms with Gasteiger partial charge in [-0.05, 0) is 30.8 Å². The van der Waals surface area contributed by atoms with E-state index in [9.17, 15) is 14.3 Å². The summed E-state index contributed by atoms with van der Waals surface area (Å²) in [5.41, 5.74) is 6.83. The highest BCUT2D eigenvalue weighted by atomic mass is 19.1. The van der Waals surface area contributed by atoms with Gasteiger partial charge in [-0.2, -0.15) is 4.98 Å². The second-order valence-corrected chi connectivity index (χ2v) is 5.60. The van der Waals surface area contributed by atoms with Crippen molar-refractivity contribution in [3.8, 4) is 0 Å². The van der Waals surface area contributed by atoms with E-state index in [1.165, 1.54) is 24.4 Å². The predicted octanol–water partition coefficient (Wildman–Crippen LogP) is 1.82. The minimum Gasteiger partial charge on any atom is -0.478 e. The number of nitrogens with zero attached hydrogens (tertiary/aromatic N) is 3. The van der Waals surface area contributed by atoms with E-state index in [1.807, 2.05) is 0 Å². The Morgan fingerprint density at radius 1 is 1.31 bits per heavy atom. The first kappa shape index (κ1) is 17.5. The van der Waals surface area contributed by atoms with Crippen LogP contribution < -0.4 is 16.4 Å². The number of hydrogen-bond donors (Lipinski definition) is 4. The fourth-order valence-electron chi connectivity index (χ4n) is 2.67. The molecule has 9 heteroatoms. The third kappa shape index (κ3) is 3.52. The first-order chi connectivity index (χ1) is 12.5. The molecule has 0 aliphatic rings. The fourth-order valence-corrected chi connectivity index (χ4v) is 2.67. The lowest BCUT2D eigenvalue weighted by Gasteiger charge is -2.20. The predicted molar refractivity (Wildman–Crippen MR) is 95.4 cm³/mol. The third-order valence-electron chi connectivity index (χ3n) is 3.80. The molecule has 0 aliphatic carbocycles. The van der Waals surface area contributed by atoms with Crippen molar-refractivity contribution < 1.29 is 14.3 Å². The summed E-state index contributed by atoms with van der Waals surface area (Å²) in [5.74, 6) is -1.31. The lowest BCUT2D eigenvalue weighted by atomic mass is 10.1. The third-order valence-corrected chi connectivity index (χ3v) is 3.80. The van der Waals surface area contributed by atoms with E-state index < -0.39 is 5.97 Å². The fraction of sp³-hybridized carbons (Fsp3) is 0.176. The molecule has 5 N–H and O–H groups in total. The van der Waals surface area contributed by atoms with E-state index in [4.69, 9.17) is 5.73 Å². The highest BCUT2D eigenvalue weighted by molar-refractivity contribution is 6.03. The van der Waals surface area contributed by atoms with E-state index in [0.717, 1.165) is 0 Å². The van der Waals surface area contributed by atoms with Crippen LogP contribution in [0.3, 0.4) is 0 Å². The standard InChI is InChI=1S/C17H17FN6O2/c1-20-8-12(9-3-2-4-10(18)7-9)22-15-14-13(23-17(19)24-15)11(16(25)26)5-6-21-14/h2-7,12,20H,8H2,1H3,(H,25,26)(H3,19,22,23,24)/t12-/m1/s1. The normalized spacial score (nSPS) is 12.1. The molecule has 1 atom stereocenters. The van der Waals surface area contributed by atoms with Crippen LogP contribution in [0.2, 0.25) is 0 Å².